The van der Waals surface area contributed by atoms with Gasteiger partial charge in [0.25, 0.3) is 5.69 Å². The van der Waals surface area contributed by atoms with Crippen LogP contribution in [0.25, 0.3) is 10.9 Å². The summed E-state index contributed by atoms with van der Waals surface area (Å²) in [7, 11) is 1.77. The summed E-state index contributed by atoms with van der Waals surface area (Å²) in [6, 6.07) is 19.3. The first-order valence-electron chi connectivity index (χ1n) is 9.12. The van der Waals surface area contributed by atoms with E-state index in [0.717, 1.165) is 0 Å². The van der Waals surface area contributed by atoms with Gasteiger partial charge in [0.1, 0.15) is 18.5 Å². The van der Waals surface area contributed by atoms with Crippen LogP contribution in [0.5, 0.6) is 5.75 Å². The summed E-state index contributed by atoms with van der Waals surface area (Å²) < 4.78 is 3.08. The first-order chi connectivity index (χ1) is 14.1. The van der Waals surface area contributed by atoms with Crippen molar-refractivity contribution in [3.05, 3.63) is 89.9 Å². The van der Waals surface area contributed by atoms with Crippen molar-refractivity contribution in [2.45, 2.75) is 0 Å². The molecule has 0 aliphatic carbocycles. The molecule has 0 amide bonds. The average molecular weight is 382 g/mol. The predicted octanol–water partition coefficient (Wildman–Crippen LogP) is 3.18. The third kappa shape index (κ3) is 2.42. The number of pyridine rings is 1. The van der Waals surface area contributed by atoms with Crippen molar-refractivity contribution in [1.82, 2.24) is 4.57 Å². The molecule has 2 aromatic heterocycles. The summed E-state index contributed by atoms with van der Waals surface area (Å²) in [5, 5.41) is 11.5. The van der Waals surface area contributed by atoms with E-state index >= 15 is 0 Å². The lowest BCUT2D eigenvalue weighted by Crippen LogP contribution is -2.38. The van der Waals surface area contributed by atoms with E-state index in [-0.39, 0.29) is 28.8 Å². The van der Waals surface area contributed by atoms with Gasteiger partial charge < -0.3 is 5.11 Å². The van der Waals surface area contributed by atoms with Gasteiger partial charge in [-0.15, -0.1) is 0 Å². The Kier molecular flexibility index (Phi) is 3.67. The van der Waals surface area contributed by atoms with Crippen molar-refractivity contribution in [3.63, 3.8) is 0 Å². The van der Waals surface area contributed by atoms with E-state index in [1.807, 2.05) is 6.07 Å². The van der Waals surface area contributed by atoms with E-state index < -0.39 is 0 Å². The molecule has 0 spiro atoms. The number of ketones is 1. The number of hydrogen-bond acceptors (Lipinski definition) is 4. The van der Waals surface area contributed by atoms with Crippen LogP contribution in [0, 0.1) is 0 Å². The van der Waals surface area contributed by atoms with Crippen LogP contribution >= 0.6 is 0 Å². The molecule has 6 nitrogen and oxygen atoms in total. The zero-order chi connectivity index (χ0) is 20.1. The van der Waals surface area contributed by atoms with E-state index in [2.05, 4.69) is 4.99 Å². The maximum absolute atomic E-state index is 13.5. The number of nitrogens with zero attached hydrogens (tertiary/aromatic N) is 3. The van der Waals surface area contributed by atoms with Crippen LogP contribution in [0.2, 0.25) is 0 Å². The molecular weight excluding hydrogens is 366 g/mol. The molecule has 4 aromatic rings. The van der Waals surface area contributed by atoms with Gasteiger partial charge in [-0.05, 0) is 30.3 Å². The van der Waals surface area contributed by atoms with Crippen LogP contribution in [0.3, 0.4) is 0 Å². The molecule has 0 radical (unpaired) electrons. The molecule has 0 bridgehead atoms. The smallest absolute Gasteiger partial charge is 0.327 e. The number of fused-ring (bicyclic) bond motifs is 2. The second kappa shape index (κ2) is 6.24. The van der Waals surface area contributed by atoms with Crippen molar-refractivity contribution in [2.75, 3.05) is 0 Å². The monoisotopic (exact) mass is 382 g/mol. The molecule has 0 atom stereocenters. The fraction of sp³-hybridized carbons (Fsp3) is 0.0435. The quantitative estimate of drug-likeness (QED) is 0.541. The Bertz CT molecular complexity index is 1370. The number of Topliss-reactive ketones (excluding diaryl/α,β-unsaturated/α-hetero) is 1. The Hall–Kier alpha value is -4.06. The summed E-state index contributed by atoms with van der Waals surface area (Å²) >= 11 is 0. The number of aromatic hydroxyl groups is 1. The number of para-hydroxylation sites is 2. The number of rotatable bonds is 2. The Morgan fingerprint density at radius 1 is 1.00 bits per heavy atom. The van der Waals surface area contributed by atoms with Crippen LogP contribution in [0.15, 0.2) is 77.9 Å². The highest BCUT2D eigenvalue weighted by molar-refractivity contribution is 6.55. The van der Waals surface area contributed by atoms with E-state index in [1.54, 1.807) is 78.5 Å². The Balaban J connectivity index is 1.81. The lowest BCUT2D eigenvalue weighted by Gasteiger charge is -2.08. The summed E-state index contributed by atoms with van der Waals surface area (Å²) in [5.41, 5.74) is 2.09. The van der Waals surface area contributed by atoms with Gasteiger partial charge in [0.05, 0.1) is 11.2 Å². The lowest BCUT2D eigenvalue weighted by molar-refractivity contribution is -0.673. The largest absolute Gasteiger partial charge is 0.505 e. The van der Waals surface area contributed by atoms with Crippen LogP contribution in [0.1, 0.15) is 26.5 Å². The van der Waals surface area contributed by atoms with Gasteiger partial charge in [0, 0.05) is 23.1 Å². The van der Waals surface area contributed by atoms with Gasteiger partial charge in [0.15, 0.2) is 11.9 Å². The molecule has 6 heteroatoms. The Morgan fingerprint density at radius 2 is 1.72 bits per heavy atom. The molecule has 3 heterocycles. The number of carbonyl (C=O) groups excluding carboxylic acids is 2. The third-order valence-electron chi connectivity index (χ3n) is 5.15. The minimum atomic E-state index is -0.356. The van der Waals surface area contributed by atoms with Crippen LogP contribution in [-0.4, -0.2) is 27.1 Å². The number of hydrogen-bond donors (Lipinski definition) is 1. The molecule has 1 aliphatic rings. The fourth-order valence-electron chi connectivity index (χ4n) is 3.73. The normalized spacial score (nSPS) is 12.9. The van der Waals surface area contributed by atoms with Gasteiger partial charge >= 0.3 is 5.91 Å². The lowest BCUT2D eigenvalue weighted by atomic mass is 10.1. The molecule has 0 fully saturated rings. The summed E-state index contributed by atoms with van der Waals surface area (Å²) in [4.78, 5) is 31.0. The number of benzene rings is 2. The first-order valence-corrected chi connectivity index (χ1v) is 9.12. The van der Waals surface area contributed by atoms with Crippen molar-refractivity contribution < 1.29 is 19.3 Å². The van der Waals surface area contributed by atoms with Crippen LogP contribution < -0.4 is 4.57 Å². The zero-order valence-electron chi connectivity index (χ0n) is 15.5. The number of aryl methyl sites for hydroxylation is 1. The van der Waals surface area contributed by atoms with Gasteiger partial charge in [0.2, 0.25) is 5.78 Å². The summed E-state index contributed by atoms with van der Waals surface area (Å²) in [6.07, 6.45) is 1.77. The van der Waals surface area contributed by atoms with E-state index in [9.17, 15) is 14.7 Å². The summed E-state index contributed by atoms with van der Waals surface area (Å²) in [5.74, 6) is -0.802. The molecular formula is C23H16N3O3+. The zero-order valence-corrected chi connectivity index (χ0v) is 15.5. The van der Waals surface area contributed by atoms with E-state index in [4.69, 9.17) is 0 Å². The van der Waals surface area contributed by atoms with Gasteiger partial charge in [-0.1, -0.05) is 24.3 Å². The molecule has 2 aromatic carbocycles. The average Bonchev–Trinajstić information content (AvgIpc) is 3.22. The molecule has 1 N–H and O–H groups in total. The molecule has 0 saturated carbocycles. The Labute approximate surface area is 166 Å². The predicted molar refractivity (Wildman–Crippen MR) is 108 cm³/mol. The highest BCUT2D eigenvalue weighted by Gasteiger charge is 2.35. The van der Waals surface area contributed by atoms with E-state index in [1.165, 1.54) is 4.57 Å². The van der Waals surface area contributed by atoms with Crippen molar-refractivity contribution in [2.24, 2.45) is 12.0 Å². The molecule has 5 rings (SSSR count). The number of aliphatic imine (C=N–C) groups is 1. The minimum absolute atomic E-state index is 0.0619. The highest BCUT2D eigenvalue weighted by Crippen LogP contribution is 2.37. The van der Waals surface area contributed by atoms with Gasteiger partial charge in [-0.2, -0.15) is 4.57 Å². The first kappa shape index (κ1) is 17.1. The molecule has 1 aliphatic heterocycles. The number of aromatic nitrogens is 2. The molecule has 0 saturated heterocycles. The van der Waals surface area contributed by atoms with Crippen molar-refractivity contribution in [1.29, 1.82) is 0 Å². The third-order valence-corrected chi connectivity index (χ3v) is 5.15. The standard InChI is InChI=1S/C23H15N3O3/c1-25-13-7-6-12-18(25)23(29)26-17-11-5-3-9-15(17)22(28)20(26)19-21(27)14-8-2-4-10-16(14)24-19/h2-13H,1H3/p+1. The topological polar surface area (TPSA) is 75.5 Å². The van der Waals surface area contributed by atoms with Crippen LogP contribution in [0.4, 0.5) is 5.69 Å². The molecule has 140 valence electrons. The summed E-state index contributed by atoms with van der Waals surface area (Å²) in [6.45, 7) is 0. The molecule has 0 unspecified atom stereocenters. The van der Waals surface area contributed by atoms with Crippen molar-refractivity contribution in [3.8, 4) is 5.75 Å². The van der Waals surface area contributed by atoms with Crippen molar-refractivity contribution >= 4 is 34.0 Å². The minimum Gasteiger partial charge on any atom is -0.505 e. The Morgan fingerprint density at radius 3 is 2.52 bits per heavy atom. The van der Waals surface area contributed by atoms with Gasteiger partial charge in [-0.3, -0.25) is 14.2 Å². The van der Waals surface area contributed by atoms with Gasteiger partial charge in [-0.25, -0.2) is 4.99 Å². The maximum atomic E-state index is 13.5. The van der Waals surface area contributed by atoms with E-state index in [0.29, 0.717) is 27.8 Å². The highest BCUT2D eigenvalue weighted by atomic mass is 16.3. The number of carbonyl (C=O) groups is 2. The SMILES string of the molecule is C[n+]1ccccc1C(=O)n1c(C2=Nc3ccccc3C2=O)c(O)c2ccccc21. The second-order valence-electron chi connectivity index (χ2n) is 6.86. The second-order valence-corrected chi connectivity index (χ2v) is 6.86. The molecule has 29 heavy (non-hydrogen) atoms. The maximum Gasteiger partial charge on any atom is 0.327 e. The van der Waals surface area contributed by atoms with Crippen LogP contribution in [-0.2, 0) is 7.05 Å². The fourth-order valence-corrected chi connectivity index (χ4v) is 3.73.